The Morgan fingerprint density at radius 2 is 1.19 bits per heavy atom. The average Bonchev–Trinajstić information content (AvgIpc) is 3.10. The molecule has 5 aliphatic rings. The van der Waals surface area contributed by atoms with Crippen LogP contribution in [0, 0.1) is 40.4 Å². The molecule has 0 aromatic heterocycles. The Bertz CT molecular complexity index is 821. The van der Waals surface area contributed by atoms with Gasteiger partial charge in [-0.05, 0) is 87.4 Å². The predicted octanol–water partition coefficient (Wildman–Crippen LogP) is 5.44. The third-order valence-corrected chi connectivity index (χ3v) is 10.5. The maximum atomic E-state index is 12.8. The van der Waals surface area contributed by atoms with Crippen molar-refractivity contribution in [2.75, 3.05) is 7.05 Å². The van der Waals surface area contributed by atoms with E-state index >= 15 is 0 Å². The van der Waals surface area contributed by atoms with Gasteiger partial charge in [-0.1, -0.05) is 48.5 Å². The first-order valence-electron chi connectivity index (χ1n) is 13.7. The number of imide groups is 2. The van der Waals surface area contributed by atoms with E-state index in [2.05, 4.69) is 34.6 Å². The molecule has 2 saturated heterocycles. The second-order valence-electron chi connectivity index (χ2n) is 12.3. The average molecular weight is 578 g/mol. The molecule has 2 aliphatic heterocycles. The van der Waals surface area contributed by atoms with Gasteiger partial charge in [0.25, 0.3) is 0 Å². The number of amides is 4. The molecule has 0 bridgehead atoms. The fraction of sp³-hybridized carbons (Fsp3) is 0.862. The molecule has 3 aliphatic carbocycles. The van der Waals surface area contributed by atoms with Gasteiger partial charge in [0, 0.05) is 45.8 Å². The molecule has 201 valence electrons. The molecule has 1 radical (unpaired) electrons. The van der Waals surface area contributed by atoms with E-state index in [1.165, 1.54) is 24.8 Å². The van der Waals surface area contributed by atoms with Crippen molar-refractivity contribution in [3.63, 3.8) is 0 Å². The van der Waals surface area contributed by atoms with Crippen LogP contribution in [0.25, 0.3) is 0 Å². The summed E-state index contributed by atoms with van der Waals surface area (Å²) in [6, 6.07) is 0.0563. The third kappa shape index (κ3) is 4.80. The van der Waals surface area contributed by atoms with Crippen LogP contribution in [0.3, 0.4) is 0 Å². The summed E-state index contributed by atoms with van der Waals surface area (Å²) in [4.78, 5) is 52.4. The molecule has 5 rings (SSSR count). The SMILES string of the molecule is C.CC1CCC(N2C(=O)C3(CCC4(CC3)C(=O)N(C)C4=O)C2=O)CC1.CCC1C(C)CC(C)C1C.[Y]. The normalized spacial score (nSPS) is 36.4. The zero-order valence-corrected chi connectivity index (χ0v) is 25.5. The third-order valence-electron chi connectivity index (χ3n) is 10.5. The van der Waals surface area contributed by atoms with Gasteiger partial charge in [-0.25, -0.2) is 0 Å². The monoisotopic (exact) mass is 577 g/mol. The van der Waals surface area contributed by atoms with Crippen LogP contribution in [0.2, 0.25) is 0 Å². The Balaban J connectivity index is 0.000000325. The number of carbonyl (C=O) groups excluding carboxylic acids is 4. The van der Waals surface area contributed by atoms with Crippen molar-refractivity contribution in [1.82, 2.24) is 9.80 Å². The Kier molecular flexibility index (Phi) is 10.2. The number of hydrogen-bond acceptors (Lipinski definition) is 4. The molecule has 4 amide bonds. The molecule has 0 aromatic carbocycles. The summed E-state index contributed by atoms with van der Waals surface area (Å²) < 4.78 is 0. The van der Waals surface area contributed by atoms with Gasteiger partial charge in [0.2, 0.25) is 23.6 Å². The zero-order valence-electron chi connectivity index (χ0n) is 22.6. The van der Waals surface area contributed by atoms with Crippen LogP contribution >= 0.6 is 0 Å². The minimum atomic E-state index is -0.943. The molecular formula is C29H48N2O4Y. The number of hydrogen-bond donors (Lipinski definition) is 0. The summed E-state index contributed by atoms with van der Waals surface area (Å²) in [6.45, 7) is 11.8. The van der Waals surface area contributed by atoms with Gasteiger partial charge in [0.1, 0.15) is 10.8 Å². The van der Waals surface area contributed by atoms with Crippen LogP contribution < -0.4 is 0 Å². The summed E-state index contributed by atoms with van der Waals surface area (Å²) in [6.07, 6.45) is 8.13. The molecule has 2 heterocycles. The Labute approximate surface area is 243 Å². The van der Waals surface area contributed by atoms with E-state index in [1.807, 2.05) is 0 Å². The van der Waals surface area contributed by atoms with Crippen molar-refractivity contribution >= 4 is 23.6 Å². The fourth-order valence-corrected chi connectivity index (χ4v) is 7.85. The zero-order chi connectivity index (χ0) is 25.0. The number of nitrogens with zero attached hydrogens (tertiary/aromatic N) is 2. The molecular weight excluding hydrogens is 529 g/mol. The van der Waals surface area contributed by atoms with E-state index in [4.69, 9.17) is 0 Å². The van der Waals surface area contributed by atoms with Crippen LogP contribution in [-0.4, -0.2) is 46.5 Å². The van der Waals surface area contributed by atoms with Gasteiger partial charge in [0.15, 0.2) is 0 Å². The first-order chi connectivity index (χ1) is 16.0. The van der Waals surface area contributed by atoms with Crippen molar-refractivity contribution in [1.29, 1.82) is 0 Å². The quantitative estimate of drug-likeness (QED) is 0.324. The van der Waals surface area contributed by atoms with Crippen LogP contribution in [0.15, 0.2) is 0 Å². The molecule has 0 aromatic rings. The van der Waals surface area contributed by atoms with Gasteiger partial charge in [-0.3, -0.25) is 29.0 Å². The summed E-state index contributed by atoms with van der Waals surface area (Å²) in [7, 11) is 1.49. The summed E-state index contributed by atoms with van der Waals surface area (Å²) in [5.74, 6) is 4.18. The Hall–Kier alpha value is -0.616. The molecule has 36 heavy (non-hydrogen) atoms. The van der Waals surface area contributed by atoms with Gasteiger partial charge >= 0.3 is 0 Å². The number of carbonyl (C=O) groups is 4. The Morgan fingerprint density at radius 1 is 0.750 bits per heavy atom. The first-order valence-corrected chi connectivity index (χ1v) is 13.7. The smallest absolute Gasteiger partial charge is 0.245 e. The predicted molar refractivity (Wildman–Crippen MR) is 137 cm³/mol. The minimum Gasteiger partial charge on any atom is -0.284 e. The van der Waals surface area contributed by atoms with Gasteiger partial charge in [-0.2, -0.15) is 0 Å². The first kappa shape index (κ1) is 31.6. The molecule has 5 fully saturated rings. The van der Waals surface area contributed by atoms with Crippen LogP contribution in [0.4, 0.5) is 0 Å². The second-order valence-corrected chi connectivity index (χ2v) is 12.3. The fourth-order valence-electron chi connectivity index (χ4n) is 7.85. The van der Waals surface area contributed by atoms with Crippen molar-refractivity contribution < 1.29 is 51.9 Å². The van der Waals surface area contributed by atoms with E-state index in [-0.39, 0.29) is 69.8 Å². The van der Waals surface area contributed by atoms with E-state index < -0.39 is 10.8 Å². The van der Waals surface area contributed by atoms with E-state index in [0.29, 0.717) is 31.6 Å². The molecule has 4 atom stereocenters. The molecule has 2 spiro atoms. The van der Waals surface area contributed by atoms with Crippen molar-refractivity contribution in [3.05, 3.63) is 0 Å². The summed E-state index contributed by atoms with van der Waals surface area (Å²) in [5, 5.41) is 0. The topological polar surface area (TPSA) is 74.8 Å². The molecule has 7 heteroatoms. The van der Waals surface area contributed by atoms with Crippen LogP contribution in [-0.2, 0) is 51.9 Å². The van der Waals surface area contributed by atoms with E-state index in [9.17, 15) is 19.2 Å². The standard InChI is InChI=1S/C18H24N2O4.C10H20.CH4.Y/c1-11-3-5-12(6-4-11)20-15(23)18(16(20)24)9-7-17(8-10-18)13(21)19(2)14(17)22;1-5-10-8(3)6-7(2)9(10)4;;/h11-12H,3-10H2,1-2H3;7-10H,5-6H2,1-4H3;1H4;. The molecule has 6 nitrogen and oxygen atoms in total. The maximum absolute atomic E-state index is 12.8. The number of β-lactam (4-membered cyclic amide) rings is 4. The van der Waals surface area contributed by atoms with Crippen molar-refractivity contribution in [2.45, 2.75) is 112 Å². The number of likely N-dealkylation sites (tertiary alicyclic amines) is 2. The maximum Gasteiger partial charge on any atom is 0.245 e. The Morgan fingerprint density at radius 3 is 1.56 bits per heavy atom. The van der Waals surface area contributed by atoms with Gasteiger partial charge in [-0.15, -0.1) is 0 Å². The largest absolute Gasteiger partial charge is 0.284 e. The van der Waals surface area contributed by atoms with Crippen LogP contribution in [0.1, 0.15) is 106 Å². The van der Waals surface area contributed by atoms with Gasteiger partial charge in [0.05, 0.1) is 0 Å². The molecule has 4 unspecified atom stereocenters. The van der Waals surface area contributed by atoms with Gasteiger partial charge < -0.3 is 0 Å². The molecule has 0 N–H and O–H groups in total. The molecule has 3 saturated carbocycles. The number of rotatable bonds is 2. The van der Waals surface area contributed by atoms with E-state index in [1.54, 1.807) is 0 Å². The summed E-state index contributed by atoms with van der Waals surface area (Å²) in [5.41, 5.74) is -1.88. The minimum absolute atomic E-state index is 0. The second kappa shape index (κ2) is 11.6. The summed E-state index contributed by atoms with van der Waals surface area (Å²) >= 11 is 0. The van der Waals surface area contributed by atoms with E-state index in [0.717, 1.165) is 54.3 Å². The van der Waals surface area contributed by atoms with Crippen molar-refractivity contribution in [2.24, 2.45) is 40.4 Å². The van der Waals surface area contributed by atoms with Crippen LogP contribution in [0.5, 0.6) is 0 Å². The van der Waals surface area contributed by atoms with Crippen molar-refractivity contribution in [3.8, 4) is 0 Å².